The molecule has 4 nitrogen and oxygen atoms in total. The summed E-state index contributed by atoms with van der Waals surface area (Å²) in [6, 6.07) is -0.0592. The highest BCUT2D eigenvalue weighted by molar-refractivity contribution is 5.85. The highest BCUT2D eigenvalue weighted by Crippen LogP contribution is 2.13. The van der Waals surface area contributed by atoms with E-state index >= 15 is 0 Å². The van der Waals surface area contributed by atoms with Gasteiger partial charge in [-0.3, -0.25) is 4.79 Å². The minimum absolute atomic E-state index is 0. The van der Waals surface area contributed by atoms with Crippen LogP contribution in [0.25, 0.3) is 0 Å². The van der Waals surface area contributed by atoms with E-state index in [9.17, 15) is 4.79 Å². The average Bonchev–Trinajstić information content (AvgIpc) is 2.65. The van der Waals surface area contributed by atoms with Gasteiger partial charge in [0.25, 0.3) is 0 Å². The van der Waals surface area contributed by atoms with E-state index in [0.29, 0.717) is 6.42 Å². The quantitative estimate of drug-likeness (QED) is 0.797. The molecule has 5 heteroatoms. The van der Waals surface area contributed by atoms with E-state index in [-0.39, 0.29) is 30.5 Å². The zero-order chi connectivity index (χ0) is 11.3. The maximum atomic E-state index is 11.8. The first-order valence-electron chi connectivity index (χ1n) is 5.78. The fourth-order valence-corrected chi connectivity index (χ4v) is 1.85. The summed E-state index contributed by atoms with van der Waals surface area (Å²) in [7, 11) is 0. The first-order valence-corrected chi connectivity index (χ1v) is 5.78. The summed E-state index contributed by atoms with van der Waals surface area (Å²) in [6.07, 6.45) is 2.86. The van der Waals surface area contributed by atoms with E-state index in [1.807, 2.05) is 18.7 Å². The number of ether oxygens (including phenoxy) is 1. The molecule has 0 aromatic heterocycles. The maximum Gasteiger partial charge on any atom is 0.224 e. The van der Waals surface area contributed by atoms with Gasteiger partial charge in [0, 0.05) is 32.2 Å². The third kappa shape index (κ3) is 5.14. The maximum absolute atomic E-state index is 11.8. The zero-order valence-corrected chi connectivity index (χ0v) is 11.0. The second-order valence-electron chi connectivity index (χ2n) is 4.25. The van der Waals surface area contributed by atoms with Crippen molar-refractivity contribution in [3.8, 4) is 0 Å². The molecule has 96 valence electrons. The predicted octanol–water partition coefficient (Wildman–Crippen LogP) is 1.17. The van der Waals surface area contributed by atoms with Crippen LogP contribution in [-0.2, 0) is 9.53 Å². The second kappa shape index (κ2) is 7.87. The Hall–Kier alpha value is -0.320. The summed E-state index contributed by atoms with van der Waals surface area (Å²) in [5.74, 6) is 0.142. The van der Waals surface area contributed by atoms with Crippen LogP contribution in [0.2, 0.25) is 0 Å². The van der Waals surface area contributed by atoms with Crippen molar-refractivity contribution in [3.63, 3.8) is 0 Å². The third-order valence-corrected chi connectivity index (χ3v) is 2.68. The van der Waals surface area contributed by atoms with Gasteiger partial charge in [0.05, 0.1) is 6.10 Å². The number of rotatable bonds is 5. The van der Waals surface area contributed by atoms with Gasteiger partial charge >= 0.3 is 0 Å². The monoisotopic (exact) mass is 250 g/mol. The van der Waals surface area contributed by atoms with Crippen molar-refractivity contribution in [1.82, 2.24) is 4.90 Å². The fourth-order valence-electron chi connectivity index (χ4n) is 1.85. The van der Waals surface area contributed by atoms with Gasteiger partial charge in [-0.1, -0.05) is 0 Å². The molecule has 0 radical (unpaired) electrons. The Kier molecular flexibility index (Phi) is 7.72. The largest absolute Gasteiger partial charge is 0.376 e. The van der Waals surface area contributed by atoms with Crippen molar-refractivity contribution in [2.75, 3.05) is 19.7 Å². The van der Waals surface area contributed by atoms with Crippen molar-refractivity contribution in [2.45, 2.75) is 45.3 Å². The van der Waals surface area contributed by atoms with Gasteiger partial charge < -0.3 is 15.4 Å². The number of likely N-dealkylation sites (N-methyl/N-ethyl adjacent to an activating group) is 1. The normalized spacial score (nSPS) is 21.3. The number of hydrogen-bond acceptors (Lipinski definition) is 3. The molecule has 0 saturated carbocycles. The van der Waals surface area contributed by atoms with Crippen LogP contribution >= 0.6 is 12.4 Å². The van der Waals surface area contributed by atoms with Gasteiger partial charge in [0.1, 0.15) is 0 Å². The van der Waals surface area contributed by atoms with Crippen LogP contribution in [0.5, 0.6) is 0 Å². The first kappa shape index (κ1) is 15.7. The zero-order valence-electron chi connectivity index (χ0n) is 10.1. The molecule has 1 fully saturated rings. The molecule has 1 aliphatic heterocycles. The molecule has 0 aliphatic carbocycles. The number of halogens is 1. The molecule has 0 aromatic carbocycles. The first-order chi connectivity index (χ1) is 7.13. The molecule has 1 heterocycles. The summed E-state index contributed by atoms with van der Waals surface area (Å²) < 4.78 is 5.52. The Balaban J connectivity index is 0.00000225. The number of carbonyl (C=O) groups excluding carboxylic acids is 1. The van der Waals surface area contributed by atoms with Crippen LogP contribution in [0.4, 0.5) is 0 Å². The minimum atomic E-state index is -0.0592. The molecule has 16 heavy (non-hydrogen) atoms. The van der Waals surface area contributed by atoms with Crippen LogP contribution in [0.15, 0.2) is 0 Å². The van der Waals surface area contributed by atoms with Crippen LogP contribution in [0, 0.1) is 0 Å². The van der Waals surface area contributed by atoms with Gasteiger partial charge in [-0.2, -0.15) is 0 Å². The van der Waals surface area contributed by atoms with Crippen molar-refractivity contribution in [3.05, 3.63) is 0 Å². The topological polar surface area (TPSA) is 55.6 Å². The van der Waals surface area contributed by atoms with E-state index < -0.39 is 0 Å². The Morgan fingerprint density at radius 1 is 1.62 bits per heavy atom. The highest BCUT2D eigenvalue weighted by Gasteiger charge is 2.21. The van der Waals surface area contributed by atoms with E-state index in [4.69, 9.17) is 10.5 Å². The molecule has 1 saturated heterocycles. The summed E-state index contributed by atoms with van der Waals surface area (Å²) in [5, 5.41) is 0. The number of amides is 1. The summed E-state index contributed by atoms with van der Waals surface area (Å²) in [4.78, 5) is 13.6. The van der Waals surface area contributed by atoms with Crippen molar-refractivity contribution in [2.24, 2.45) is 5.73 Å². The fraction of sp³-hybridized carbons (Fsp3) is 0.909. The molecule has 1 aliphatic rings. The molecule has 1 rings (SSSR count). The number of hydrogen-bond donors (Lipinski definition) is 1. The number of nitrogens with two attached hydrogens (primary N) is 1. The number of carbonyl (C=O) groups is 1. The predicted molar refractivity (Wildman–Crippen MR) is 66.7 cm³/mol. The van der Waals surface area contributed by atoms with Gasteiger partial charge in [-0.15, -0.1) is 12.4 Å². The molecular weight excluding hydrogens is 228 g/mol. The summed E-state index contributed by atoms with van der Waals surface area (Å²) in [5.41, 5.74) is 5.62. The lowest BCUT2D eigenvalue weighted by Gasteiger charge is -2.24. The van der Waals surface area contributed by atoms with E-state index in [1.165, 1.54) is 0 Å². The van der Waals surface area contributed by atoms with Gasteiger partial charge in [-0.05, 0) is 26.7 Å². The average molecular weight is 251 g/mol. The lowest BCUT2D eigenvalue weighted by atomic mass is 10.2. The van der Waals surface area contributed by atoms with E-state index in [1.54, 1.807) is 0 Å². The van der Waals surface area contributed by atoms with Crippen LogP contribution in [-0.4, -0.2) is 42.6 Å². The van der Waals surface area contributed by atoms with Gasteiger partial charge in [0.2, 0.25) is 5.91 Å². The van der Waals surface area contributed by atoms with E-state index in [0.717, 1.165) is 32.5 Å². The molecule has 2 unspecified atom stereocenters. The van der Waals surface area contributed by atoms with Crippen molar-refractivity contribution >= 4 is 18.3 Å². The summed E-state index contributed by atoms with van der Waals surface area (Å²) >= 11 is 0. The van der Waals surface area contributed by atoms with Gasteiger partial charge in [-0.25, -0.2) is 0 Å². The molecule has 0 bridgehead atoms. The van der Waals surface area contributed by atoms with E-state index in [2.05, 4.69) is 0 Å². The van der Waals surface area contributed by atoms with Crippen molar-refractivity contribution in [1.29, 1.82) is 0 Å². The smallest absolute Gasteiger partial charge is 0.224 e. The number of nitrogens with zero attached hydrogens (tertiary/aromatic N) is 1. The van der Waals surface area contributed by atoms with Crippen LogP contribution in [0.1, 0.15) is 33.1 Å². The molecular formula is C11H23ClN2O2. The molecule has 2 N–H and O–H groups in total. The van der Waals surface area contributed by atoms with Crippen LogP contribution < -0.4 is 5.73 Å². The Labute approximate surface area is 104 Å². The SMILES string of the molecule is CCN(CC1CCCO1)C(=O)CC(C)N.Cl. The Bertz CT molecular complexity index is 206. The van der Waals surface area contributed by atoms with Crippen molar-refractivity contribution < 1.29 is 9.53 Å². The standard InChI is InChI=1S/C11H22N2O2.ClH/c1-3-13(11(14)7-9(2)12)8-10-5-4-6-15-10;/h9-10H,3-8,12H2,1-2H3;1H. The second-order valence-corrected chi connectivity index (χ2v) is 4.25. The minimum Gasteiger partial charge on any atom is -0.376 e. The Morgan fingerprint density at radius 3 is 2.75 bits per heavy atom. The molecule has 1 amide bonds. The lowest BCUT2D eigenvalue weighted by molar-refractivity contribution is -0.132. The molecule has 0 aromatic rings. The lowest BCUT2D eigenvalue weighted by Crippen LogP contribution is -2.39. The highest BCUT2D eigenvalue weighted by atomic mass is 35.5. The Morgan fingerprint density at radius 2 is 2.31 bits per heavy atom. The molecule has 2 atom stereocenters. The summed E-state index contributed by atoms with van der Waals surface area (Å²) in [6.45, 7) is 6.16. The van der Waals surface area contributed by atoms with Crippen LogP contribution in [0.3, 0.4) is 0 Å². The van der Waals surface area contributed by atoms with Gasteiger partial charge in [0.15, 0.2) is 0 Å². The third-order valence-electron chi connectivity index (χ3n) is 2.68. The molecule has 0 spiro atoms.